The van der Waals surface area contributed by atoms with E-state index in [1.165, 1.54) is 0 Å². The maximum absolute atomic E-state index is 11.8. The molecule has 0 aromatic heterocycles. The first-order chi connectivity index (χ1) is 8.05. The zero-order chi connectivity index (χ0) is 13.1. The minimum atomic E-state index is -3.12. The van der Waals surface area contributed by atoms with E-state index in [0.29, 0.717) is 6.54 Å². The molecule has 1 atom stereocenters. The molecule has 0 amide bonds. The zero-order valence-corrected chi connectivity index (χ0v) is 12.3. The second-order valence-corrected chi connectivity index (χ2v) is 6.29. The molecule has 5 heteroatoms. The molecule has 0 aliphatic rings. The van der Waals surface area contributed by atoms with Crippen molar-refractivity contribution < 1.29 is 8.42 Å². The topological polar surface area (TPSA) is 58.2 Å². The fourth-order valence-corrected chi connectivity index (χ4v) is 3.03. The molecular weight excluding hydrogens is 236 g/mol. The zero-order valence-electron chi connectivity index (χ0n) is 11.5. The van der Waals surface area contributed by atoms with Crippen LogP contribution < -0.4 is 10.0 Å². The Bertz CT molecular complexity index is 266. The van der Waals surface area contributed by atoms with Crippen LogP contribution in [0.5, 0.6) is 0 Å². The third-order valence-electron chi connectivity index (χ3n) is 2.69. The molecule has 17 heavy (non-hydrogen) atoms. The first-order valence-corrected chi connectivity index (χ1v) is 8.41. The molecule has 0 radical (unpaired) electrons. The summed E-state index contributed by atoms with van der Waals surface area (Å²) in [7, 11) is -3.12. The van der Waals surface area contributed by atoms with Crippen molar-refractivity contribution in [3.05, 3.63) is 0 Å². The standard InChI is InChI=1S/C12H28N2O2S/c1-4-7-9-12(8-5-2)14-17(15,16)11-10-13-6-3/h12-14H,4-11H2,1-3H3. The predicted molar refractivity (Wildman–Crippen MR) is 73.7 cm³/mol. The molecule has 0 rings (SSSR count). The van der Waals surface area contributed by atoms with Gasteiger partial charge in [0.05, 0.1) is 5.75 Å². The van der Waals surface area contributed by atoms with Crippen LogP contribution in [0.25, 0.3) is 0 Å². The highest BCUT2D eigenvalue weighted by molar-refractivity contribution is 7.89. The lowest BCUT2D eigenvalue weighted by Crippen LogP contribution is -2.38. The molecule has 0 bridgehead atoms. The second kappa shape index (κ2) is 9.85. The third kappa shape index (κ3) is 9.56. The highest BCUT2D eigenvalue weighted by atomic mass is 32.2. The van der Waals surface area contributed by atoms with E-state index in [4.69, 9.17) is 0 Å². The number of hydrogen-bond donors (Lipinski definition) is 2. The highest BCUT2D eigenvalue weighted by Gasteiger charge is 2.16. The summed E-state index contributed by atoms with van der Waals surface area (Å²) in [6.07, 6.45) is 5.09. The van der Waals surface area contributed by atoms with E-state index < -0.39 is 10.0 Å². The van der Waals surface area contributed by atoms with E-state index in [1.807, 2.05) is 6.92 Å². The highest BCUT2D eigenvalue weighted by Crippen LogP contribution is 2.08. The van der Waals surface area contributed by atoms with Crippen LogP contribution in [0.1, 0.15) is 52.9 Å². The molecule has 4 nitrogen and oxygen atoms in total. The number of unbranched alkanes of at least 4 members (excludes halogenated alkanes) is 1. The van der Waals surface area contributed by atoms with Crippen LogP contribution in [-0.2, 0) is 10.0 Å². The summed E-state index contributed by atoms with van der Waals surface area (Å²) in [4.78, 5) is 0. The molecule has 104 valence electrons. The molecule has 0 heterocycles. The van der Waals surface area contributed by atoms with E-state index in [0.717, 1.165) is 38.6 Å². The Morgan fingerprint density at radius 2 is 1.76 bits per heavy atom. The van der Waals surface area contributed by atoms with Gasteiger partial charge >= 0.3 is 0 Å². The number of sulfonamides is 1. The summed E-state index contributed by atoms with van der Waals surface area (Å²) < 4.78 is 26.4. The van der Waals surface area contributed by atoms with Crippen molar-refractivity contribution in [2.75, 3.05) is 18.8 Å². The summed E-state index contributed by atoms with van der Waals surface area (Å²) in [5, 5.41) is 3.03. The molecular formula is C12H28N2O2S. The Labute approximate surface area is 107 Å². The Balaban J connectivity index is 4.11. The largest absolute Gasteiger partial charge is 0.316 e. The van der Waals surface area contributed by atoms with E-state index in [9.17, 15) is 8.42 Å². The van der Waals surface area contributed by atoms with Gasteiger partial charge in [-0.15, -0.1) is 0 Å². The van der Waals surface area contributed by atoms with Gasteiger partial charge in [-0.25, -0.2) is 13.1 Å². The van der Waals surface area contributed by atoms with Crippen LogP contribution in [0.3, 0.4) is 0 Å². The van der Waals surface area contributed by atoms with Gasteiger partial charge in [-0.3, -0.25) is 0 Å². The van der Waals surface area contributed by atoms with Gasteiger partial charge in [-0.2, -0.15) is 0 Å². The van der Waals surface area contributed by atoms with E-state index in [-0.39, 0.29) is 11.8 Å². The van der Waals surface area contributed by atoms with Gasteiger partial charge in [0.15, 0.2) is 0 Å². The minimum absolute atomic E-state index is 0.117. The monoisotopic (exact) mass is 264 g/mol. The Morgan fingerprint density at radius 3 is 2.29 bits per heavy atom. The van der Waals surface area contributed by atoms with Crippen molar-refractivity contribution in [3.8, 4) is 0 Å². The van der Waals surface area contributed by atoms with Crippen LogP contribution in [0, 0.1) is 0 Å². The molecule has 0 saturated heterocycles. The minimum Gasteiger partial charge on any atom is -0.316 e. The molecule has 0 saturated carbocycles. The number of rotatable bonds is 11. The van der Waals surface area contributed by atoms with E-state index in [2.05, 4.69) is 23.9 Å². The maximum atomic E-state index is 11.8. The molecule has 2 N–H and O–H groups in total. The summed E-state index contributed by atoms with van der Waals surface area (Å²) in [5.74, 6) is 0.174. The molecule has 0 aromatic carbocycles. The van der Waals surface area contributed by atoms with Crippen molar-refractivity contribution in [3.63, 3.8) is 0 Å². The Kier molecular flexibility index (Phi) is 9.78. The average molecular weight is 264 g/mol. The summed E-state index contributed by atoms with van der Waals surface area (Å²) in [6.45, 7) is 7.53. The van der Waals surface area contributed by atoms with E-state index in [1.54, 1.807) is 0 Å². The summed E-state index contributed by atoms with van der Waals surface area (Å²) in [5.41, 5.74) is 0. The van der Waals surface area contributed by atoms with Gasteiger partial charge < -0.3 is 5.32 Å². The Hall–Kier alpha value is -0.130. The molecule has 0 aliphatic carbocycles. The second-order valence-electron chi connectivity index (χ2n) is 4.42. The maximum Gasteiger partial charge on any atom is 0.213 e. The van der Waals surface area contributed by atoms with E-state index >= 15 is 0 Å². The normalized spacial score (nSPS) is 13.8. The van der Waals surface area contributed by atoms with Crippen molar-refractivity contribution >= 4 is 10.0 Å². The quantitative estimate of drug-likeness (QED) is 0.560. The number of hydrogen-bond acceptors (Lipinski definition) is 3. The lowest BCUT2D eigenvalue weighted by molar-refractivity contribution is 0.482. The molecule has 0 fully saturated rings. The van der Waals surface area contributed by atoms with Crippen LogP contribution >= 0.6 is 0 Å². The molecule has 0 aliphatic heterocycles. The van der Waals surface area contributed by atoms with Crippen LogP contribution in [-0.4, -0.2) is 33.3 Å². The van der Waals surface area contributed by atoms with Crippen molar-refractivity contribution in [2.24, 2.45) is 0 Å². The number of nitrogens with one attached hydrogen (secondary N) is 2. The lowest BCUT2D eigenvalue weighted by Gasteiger charge is -2.17. The van der Waals surface area contributed by atoms with Gasteiger partial charge in [0.1, 0.15) is 0 Å². The van der Waals surface area contributed by atoms with Gasteiger partial charge in [0, 0.05) is 12.6 Å². The van der Waals surface area contributed by atoms with Gasteiger partial charge in [-0.05, 0) is 19.4 Å². The van der Waals surface area contributed by atoms with Crippen molar-refractivity contribution in [1.82, 2.24) is 10.0 Å². The van der Waals surface area contributed by atoms with Crippen molar-refractivity contribution in [1.29, 1.82) is 0 Å². The fraction of sp³-hybridized carbons (Fsp3) is 1.00. The van der Waals surface area contributed by atoms with Crippen LogP contribution in [0.4, 0.5) is 0 Å². The van der Waals surface area contributed by atoms with Crippen molar-refractivity contribution in [2.45, 2.75) is 58.9 Å². The lowest BCUT2D eigenvalue weighted by atomic mass is 10.1. The summed E-state index contributed by atoms with van der Waals surface area (Å²) >= 11 is 0. The fourth-order valence-electron chi connectivity index (χ4n) is 1.76. The molecule has 0 aromatic rings. The predicted octanol–water partition coefficient (Wildman–Crippen LogP) is 1.87. The molecule has 0 spiro atoms. The van der Waals surface area contributed by atoms with Crippen LogP contribution in [0.2, 0.25) is 0 Å². The SMILES string of the molecule is CCCCC(CCC)NS(=O)(=O)CCNCC. The first kappa shape index (κ1) is 16.9. The first-order valence-electron chi connectivity index (χ1n) is 6.76. The van der Waals surface area contributed by atoms with Crippen LogP contribution in [0.15, 0.2) is 0 Å². The smallest absolute Gasteiger partial charge is 0.213 e. The van der Waals surface area contributed by atoms with Gasteiger partial charge in [0.25, 0.3) is 0 Å². The molecule has 1 unspecified atom stereocenters. The Morgan fingerprint density at radius 1 is 1.06 bits per heavy atom. The van der Waals surface area contributed by atoms with Gasteiger partial charge in [0.2, 0.25) is 10.0 Å². The third-order valence-corrected chi connectivity index (χ3v) is 4.12. The average Bonchev–Trinajstić information content (AvgIpc) is 2.26. The summed E-state index contributed by atoms with van der Waals surface area (Å²) in [6, 6.07) is 0.117. The van der Waals surface area contributed by atoms with Gasteiger partial charge in [-0.1, -0.05) is 40.0 Å².